The molecule has 0 aliphatic carbocycles. The number of esters is 1. The van der Waals surface area contributed by atoms with Gasteiger partial charge in [0.1, 0.15) is 0 Å². The van der Waals surface area contributed by atoms with Crippen molar-refractivity contribution >= 4 is 22.5 Å². The monoisotopic (exact) mass is 398 g/mol. The predicted octanol–water partition coefficient (Wildman–Crippen LogP) is 3.81. The average molecular weight is 398 g/mol. The Balaban J connectivity index is 1.74. The molecule has 6 nitrogen and oxygen atoms in total. The molecule has 0 fully saturated rings. The van der Waals surface area contributed by atoms with E-state index in [4.69, 9.17) is 4.74 Å². The average Bonchev–Trinajstić information content (AvgIpc) is 2.80. The van der Waals surface area contributed by atoms with Gasteiger partial charge in [0.05, 0.1) is 11.1 Å². The van der Waals surface area contributed by atoms with E-state index < -0.39 is 12.1 Å². The van der Waals surface area contributed by atoms with Crippen molar-refractivity contribution in [3.8, 4) is 5.69 Å². The smallest absolute Gasteiger partial charge is 0.360 e. The summed E-state index contributed by atoms with van der Waals surface area (Å²) >= 11 is 0. The molecule has 0 saturated carbocycles. The summed E-state index contributed by atoms with van der Waals surface area (Å²) in [6.07, 6.45) is -1.00. The normalized spacial score (nSPS) is 11.8. The first kappa shape index (κ1) is 19.3. The third-order valence-corrected chi connectivity index (χ3v) is 4.71. The zero-order chi connectivity index (χ0) is 21.1. The maximum Gasteiger partial charge on any atom is 0.360 e. The molecule has 0 spiro atoms. The van der Waals surface area contributed by atoms with Crippen LogP contribution in [-0.4, -0.2) is 27.6 Å². The maximum absolute atomic E-state index is 12.9. The molecule has 0 saturated heterocycles. The van der Waals surface area contributed by atoms with Gasteiger partial charge in [-0.25, -0.2) is 4.79 Å². The van der Waals surface area contributed by atoms with Crippen LogP contribution in [0.2, 0.25) is 0 Å². The SMILES string of the molecule is CC(OC(=O)c1nn(-c2ccccc2)c(=O)c2ccccc12)C(=O)c1ccccc1. The zero-order valence-electron chi connectivity index (χ0n) is 16.2. The highest BCUT2D eigenvalue weighted by molar-refractivity contribution is 6.05. The maximum atomic E-state index is 12.9. The van der Waals surface area contributed by atoms with Gasteiger partial charge in [0, 0.05) is 10.9 Å². The van der Waals surface area contributed by atoms with Gasteiger partial charge in [0.15, 0.2) is 11.8 Å². The minimum Gasteiger partial charge on any atom is -0.449 e. The summed E-state index contributed by atoms with van der Waals surface area (Å²) in [4.78, 5) is 38.4. The van der Waals surface area contributed by atoms with E-state index in [0.29, 0.717) is 22.0 Å². The Morgan fingerprint density at radius 1 is 0.833 bits per heavy atom. The van der Waals surface area contributed by atoms with E-state index in [2.05, 4.69) is 5.10 Å². The highest BCUT2D eigenvalue weighted by atomic mass is 16.5. The zero-order valence-corrected chi connectivity index (χ0v) is 16.2. The first-order valence-corrected chi connectivity index (χ1v) is 9.44. The van der Waals surface area contributed by atoms with Crippen molar-refractivity contribution in [2.45, 2.75) is 13.0 Å². The molecule has 4 rings (SSSR count). The molecule has 4 aromatic rings. The first-order valence-electron chi connectivity index (χ1n) is 9.44. The van der Waals surface area contributed by atoms with Gasteiger partial charge in [-0.2, -0.15) is 9.78 Å². The fourth-order valence-electron chi connectivity index (χ4n) is 3.19. The van der Waals surface area contributed by atoms with Crippen molar-refractivity contribution in [3.05, 3.63) is 107 Å². The number of fused-ring (bicyclic) bond motifs is 1. The number of ketones is 1. The molecular weight excluding hydrogens is 380 g/mol. The summed E-state index contributed by atoms with van der Waals surface area (Å²) in [5.74, 6) is -1.09. The Morgan fingerprint density at radius 3 is 2.07 bits per heavy atom. The molecule has 3 aromatic carbocycles. The van der Waals surface area contributed by atoms with Crippen LogP contribution >= 0.6 is 0 Å². The number of hydrogen-bond acceptors (Lipinski definition) is 5. The van der Waals surface area contributed by atoms with Crippen LogP contribution in [0.25, 0.3) is 16.5 Å². The molecule has 0 N–H and O–H groups in total. The van der Waals surface area contributed by atoms with E-state index in [1.807, 2.05) is 6.07 Å². The Labute approximate surface area is 172 Å². The molecule has 1 heterocycles. The number of ether oxygens (including phenoxy) is 1. The molecule has 1 aromatic heterocycles. The van der Waals surface area contributed by atoms with Crippen molar-refractivity contribution in [2.75, 3.05) is 0 Å². The Bertz CT molecular complexity index is 1280. The molecule has 0 bridgehead atoms. The minimum absolute atomic E-state index is 0.0261. The molecule has 6 heteroatoms. The number of Topliss-reactive ketones (excluding diaryl/α,β-unsaturated/α-hetero) is 1. The third kappa shape index (κ3) is 3.63. The number of benzene rings is 3. The van der Waals surface area contributed by atoms with Crippen LogP contribution in [0.4, 0.5) is 0 Å². The fourth-order valence-corrected chi connectivity index (χ4v) is 3.19. The molecule has 0 amide bonds. The Hall–Kier alpha value is -4.06. The Morgan fingerprint density at radius 2 is 1.40 bits per heavy atom. The molecule has 30 heavy (non-hydrogen) atoms. The summed E-state index contributed by atoms with van der Waals surface area (Å²) in [5.41, 5.74) is 0.601. The Kier molecular flexibility index (Phi) is 5.22. The molecule has 1 unspecified atom stereocenters. The van der Waals surface area contributed by atoms with Crippen LogP contribution in [0.3, 0.4) is 0 Å². The predicted molar refractivity (Wildman–Crippen MR) is 113 cm³/mol. The summed E-state index contributed by atoms with van der Waals surface area (Å²) in [7, 11) is 0. The molecule has 0 radical (unpaired) electrons. The lowest BCUT2D eigenvalue weighted by Crippen LogP contribution is -2.28. The molecular formula is C24H18N2O4. The van der Waals surface area contributed by atoms with Crippen molar-refractivity contribution in [1.29, 1.82) is 0 Å². The van der Waals surface area contributed by atoms with E-state index in [0.717, 1.165) is 0 Å². The summed E-state index contributed by atoms with van der Waals surface area (Å²) in [5, 5.41) is 4.99. The van der Waals surface area contributed by atoms with Crippen molar-refractivity contribution in [2.24, 2.45) is 0 Å². The topological polar surface area (TPSA) is 78.3 Å². The van der Waals surface area contributed by atoms with Gasteiger partial charge in [-0.05, 0) is 25.1 Å². The summed E-state index contributed by atoms with van der Waals surface area (Å²) < 4.78 is 6.59. The molecule has 0 aliphatic heterocycles. The van der Waals surface area contributed by atoms with Crippen molar-refractivity contribution < 1.29 is 14.3 Å². The van der Waals surface area contributed by atoms with E-state index in [9.17, 15) is 14.4 Å². The van der Waals surface area contributed by atoms with Crippen LogP contribution in [0.15, 0.2) is 89.7 Å². The minimum atomic E-state index is -1.00. The molecule has 1 atom stereocenters. The number of carbonyl (C=O) groups excluding carboxylic acids is 2. The highest BCUT2D eigenvalue weighted by Gasteiger charge is 2.24. The lowest BCUT2D eigenvalue weighted by atomic mass is 10.1. The largest absolute Gasteiger partial charge is 0.449 e. The molecule has 0 aliphatic rings. The van der Waals surface area contributed by atoms with E-state index in [1.165, 1.54) is 11.6 Å². The van der Waals surface area contributed by atoms with Gasteiger partial charge < -0.3 is 4.74 Å². The fraction of sp³-hybridized carbons (Fsp3) is 0.0833. The standard InChI is InChI=1S/C24H18N2O4/c1-16(22(27)17-10-4-2-5-11-17)30-24(29)21-19-14-8-9-15-20(19)23(28)26(25-21)18-12-6-3-7-13-18/h2-16H,1H3. The first-order chi connectivity index (χ1) is 14.6. The van der Waals surface area contributed by atoms with Crippen molar-refractivity contribution in [3.63, 3.8) is 0 Å². The van der Waals surface area contributed by atoms with Gasteiger partial charge in [-0.3, -0.25) is 9.59 Å². The van der Waals surface area contributed by atoms with E-state index in [-0.39, 0.29) is 17.0 Å². The second-order valence-corrected chi connectivity index (χ2v) is 6.72. The number of carbonyl (C=O) groups is 2. The van der Waals surface area contributed by atoms with Gasteiger partial charge >= 0.3 is 5.97 Å². The van der Waals surface area contributed by atoms with E-state index >= 15 is 0 Å². The summed E-state index contributed by atoms with van der Waals surface area (Å²) in [6.45, 7) is 1.52. The van der Waals surface area contributed by atoms with Gasteiger partial charge in [-0.15, -0.1) is 0 Å². The highest BCUT2D eigenvalue weighted by Crippen LogP contribution is 2.17. The van der Waals surface area contributed by atoms with Gasteiger partial charge in [0.25, 0.3) is 5.56 Å². The summed E-state index contributed by atoms with van der Waals surface area (Å²) in [6, 6.07) is 24.1. The van der Waals surface area contributed by atoms with Crippen LogP contribution in [0, 0.1) is 0 Å². The third-order valence-electron chi connectivity index (χ3n) is 4.71. The van der Waals surface area contributed by atoms with Gasteiger partial charge in [0.2, 0.25) is 5.78 Å². The lowest BCUT2D eigenvalue weighted by molar-refractivity contribution is 0.0313. The number of para-hydroxylation sites is 1. The number of nitrogens with zero attached hydrogens (tertiary/aromatic N) is 2. The van der Waals surface area contributed by atoms with Crippen molar-refractivity contribution in [1.82, 2.24) is 9.78 Å². The number of rotatable bonds is 5. The molecule has 148 valence electrons. The van der Waals surface area contributed by atoms with Crippen LogP contribution in [0.1, 0.15) is 27.8 Å². The van der Waals surface area contributed by atoms with Crippen LogP contribution < -0.4 is 5.56 Å². The second-order valence-electron chi connectivity index (χ2n) is 6.72. The quantitative estimate of drug-likeness (QED) is 0.377. The lowest BCUT2D eigenvalue weighted by Gasteiger charge is -2.14. The number of aromatic nitrogens is 2. The second kappa shape index (κ2) is 8.13. The van der Waals surface area contributed by atoms with Gasteiger partial charge in [-0.1, -0.05) is 66.7 Å². The van der Waals surface area contributed by atoms with Crippen LogP contribution in [0.5, 0.6) is 0 Å². The van der Waals surface area contributed by atoms with Crippen LogP contribution in [-0.2, 0) is 4.74 Å². The van der Waals surface area contributed by atoms with E-state index in [1.54, 1.807) is 78.9 Å². The number of hydrogen-bond donors (Lipinski definition) is 0.